The number of rotatable bonds is 6. The van der Waals surface area contributed by atoms with E-state index in [0.29, 0.717) is 6.54 Å². The van der Waals surface area contributed by atoms with Gasteiger partial charge in [-0.3, -0.25) is 4.99 Å². The lowest BCUT2D eigenvalue weighted by molar-refractivity contribution is 0.249. The molecule has 0 aromatic heterocycles. The van der Waals surface area contributed by atoms with Gasteiger partial charge in [0.15, 0.2) is 5.96 Å². The second kappa shape index (κ2) is 10.8. The number of hydrogen-bond donors (Lipinski definition) is 2. The fourth-order valence-corrected chi connectivity index (χ4v) is 2.89. The zero-order chi connectivity index (χ0) is 15.8. The summed E-state index contributed by atoms with van der Waals surface area (Å²) in [6.45, 7) is 2.52. The molecule has 0 spiro atoms. The lowest BCUT2D eigenvalue weighted by Gasteiger charge is -2.24. The Labute approximate surface area is 156 Å². The molecule has 6 heteroatoms. The molecule has 1 aromatic rings. The summed E-state index contributed by atoms with van der Waals surface area (Å²) in [7, 11) is 3.97. The van der Waals surface area contributed by atoms with E-state index in [-0.39, 0.29) is 29.8 Å². The van der Waals surface area contributed by atoms with Crippen LogP contribution in [0.3, 0.4) is 0 Å². The van der Waals surface area contributed by atoms with Crippen LogP contribution >= 0.6 is 24.0 Å². The molecule has 130 valence electrons. The molecule has 0 radical (unpaired) electrons. The second-order valence-corrected chi connectivity index (χ2v) is 5.90. The van der Waals surface area contributed by atoms with Gasteiger partial charge in [-0.25, -0.2) is 4.39 Å². The largest absolute Gasteiger partial charge is 0.355 e. The maximum atomic E-state index is 12.9. The number of halogens is 2. The van der Waals surface area contributed by atoms with Crippen molar-refractivity contribution >= 4 is 29.9 Å². The molecule has 1 saturated carbocycles. The summed E-state index contributed by atoms with van der Waals surface area (Å²) in [6, 6.07) is 7.26. The van der Waals surface area contributed by atoms with Crippen LogP contribution in [0.2, 0.25) is 0 Å². The van der Waals surface area contributed by atoms with Crippen molar-refractivity contribution in [3.63, 3.8) is 0 Å². The zero-order valence-electron chi connectivity index (χ0n) is 14.0. The molecule has 23 heavy (non-hydrogen) atoms. The minimum Gasteiger partial charge on any atom is -0.355 e. The lowest BCUT2D eigenvalue weighted by Crippen LogP contribution is -2.42. The number of likely N-dealkylation sites (N-methyl/N-ethyl adjacent to an activating group) is 1. The van der Waals surface area contributed by atoms with E-state index in [1.165, 1.54) is 37.8 Å². The Balaban J connectivity index is 0.00000264. The van der Waals surface area contributed by atoms with Gasteiger partial charge in [0.05, 0.1) is 0 Å². The number of guanidine groups is 1. The highest BCUT2D eigenvalue weighted by molar-refractivity contribution is 14.0. The first-order valence-electron chi connectivity index (χ1n) is 8.08. The molecular weight excluding hydrogens is 406 g/mol. The van der Waals surface area contributed by atoms with Crippen LogP contribution in [0, 0.1) is 5.82 Å². The molecule has 1 aliphatic rings. The molecule has 0 amide bonds. The first-order valence-corrected chi connectivity index (χ1v) is 8.08. The molecule has 0 saturated heterocycles. The summed E-state index contributed by atoms with van der Waals surface area (Å²) in [5.74, 6) is 0.574. The summed E-state index contributed by atoms with van der Waals surface area (Å²) in [4.78, 5) is 6.65. The monoisotopic (exact) mass is 434 g/mol. The molecule has 0 atom stereocenters. The van der Waals surface area contributed by atoms with Crippen LogP contribution in [0.25, 0.3) is 0 Å². The maximum Gasteiger partial charge on any atom is 0.191 e. The lowest BCUT2D eigenvalue weighted by atomic mass is 10.2. The molecular formula is C17H28FIN4. The Hall–Kier alpha value is -0.890. The van der Waals surface area contributed by atoms with Crippen molar-refractivity contribution in [3.8, 4) is 0 Å². The zero-order valence-corrected chi connectivity index (χ0v) is 16.3. The number of hydrogen-bond acceptors (Lipinski definition) is 2. The summed E-state index contributed by atoms with van der Waals surface area (Å²) >= 11 is 0. The van der Waals surface area contributed by atoms with Crippen molar-refractivity contribution in [2.75, 3.05) is 27.2 Å². The number of aliphatic imine (C=N–C) groups is 1. The third-order valence-electron chi connectivity index (χ3n) is 4.30. The standard InChI is InChI=1S/C17H27FN4.HI/c1-19-17(21-13-14-7-9-15(18)10-8-14)20-11-12-22(2)16-5-3-4-6-16;/h7-10,16H,3-6,11-13H2,1-2H3,(H2,19,20,21);1H. The summed E-state index contributed by atoms with van der Waals surface area (Å²) in [5, 5.41) is 6.57. The van der Waals surface area contributed by atoms with Crippen molar-refractivity contribution in [3.05, 3.63) is 35.6 Å². The van der Waals surface area contributed by atoms with E-state index in [9.17, 15) is 4.39 Å². The van der Waals surface area contributed by atoms with Gasteiger partial charge in [0.25, 0.3) is 0 Å². The molecule has 1 aliphatic carbocycles. The first kappa shape index (κ1) is 20.2. The number of nitrogens with one attached hydrogen (secondary N) is 2. The van der Waals surface area contributed by atoms with Gasteiger partial charge in [-0.1, -0.05) is 25.0 Å². The van der Waals surface area contributed by atoms with E-state index in [4.69, 9.17) is 0 Å². The highest BCUT2D eigenvalue weighted by atomic mass is 127. The van der Waals surface area contributed by atoms with Gasteiger partial charge in [0, 0.05) is 32.7 Å². The fourth-order valence-electron chi connectivity index (χ4n) is 2.89. The van der Waals surface area contributed by atoms with Gasteiger partial charge in [0.2, 0.25) is 0 Å². The van der Waals surface area contributed by atoms with E-state index < -0.39 is 0 Å². The van der Waals surface area contributed by atoms with Gasteiger partial charge >= 0.3 is 0 Å². The van der Waals surface area contributed by atoms with E-state index in [1.54, 1.807) is 19.2 Å². The average Bonchev–Trinajstić information content (AvgIpc) is 3.06. The third-order valence-corrected chi connectivity index (χ3v) is 4.30. The van der Waals surface area contributed by atoms with Crippen molar-refractivity contribution in [2.24, 2.45) is 4.99 Å². The van der Waals surface area contributed by atoms with E-state index in [0.717, 1.165) is 30.7 Å². The van der Waals surface area contributed by atoms with Crippen LogP contribution in [0.1, 0.15) is 31.2 Å². The SMILES string of the molecule is CN=C(NCCN(C)C1CCCC1)NCc1ccc(F)cc1.I. The van der Waals surface area contributed by atoms with Crippen LogP contribution in [0.4, 0.5) is 4.39 Å². The molecule has 2 N–H and O–H groups in total. The molecule has 0 bridgehead atoms. The molecule has 0 aliphatic heterocycles. The van der Waals surface area contributed by atoms with E-state index >= 15 is 0 Å². The Kier molecular flexibility index (Phi) is 9.47. The number of nitrogens with zero attached hydrogens (tertiary/aromatic N) is 2. The van der Waals surface area contributed by atoms with Gasteiger partial charge in [-0.15, -0.1) is 24.0 Å². The van der Waals surface area contributed by atoms with Crippen molar-refractivity contribution in [2.45, 2.75) is 38.3 Å². The average molecular weight is 434 g/mol. The van der Waals surface area contributed by atoms with E-state index in [2.05, 4.69) is 27.6 Å². The van der Waals surface area contributed by atoms with Crippen LogP contribution < -0.4 is 10.6 Å². The van der Waals surface area contributed by atoms with Crippen LogP contribution in [-0.4, -0.2) is 44.1 Å². The summed E-state index contributed by atoms with van der Waals surface area (Å²) in [5.41, 5.74) is 1.03. The molecule has 0 unspecified atom stereocenters. The highest BCUT2D eigenvalue weighted by Gasteiger charge is 2.18. The van der Waals surface area contributed by atoms with Crippen molar-refractivity contribution in [1.82, 2.24) is 15.5 Å². The third kappa shape index (κ3) is 7.03. The maximum absolute atomic E-state index is 12.9. The summed E-state index contributed by atoms with van der Waals surface area (Å²) in [6.07, 6.45) is 5.38. The minimum absolute atomic E-state index is 0. The smallest absolute Gasteiger partial charge is 0.191 e. The second-order valence-electron chi connectivity index (χ2n) is 5.90. The van der Waals surface area contributed by atoms with Crippen LogP contribution in [0.5, 0.6) is 0 Å². The van der Waals surface area contributed by atoms with Crippen LogP contribution in [0.15, 0.2) is 29.3 Å². The van der Waals surface area contributed by atoms with Gasteiger partial charge in [-0.05, 0) is 37.6 Å². The molecule has 0 heterocycles. The van der Waals surface area contributed by atoms with Gasteiger partial charge < -0.3 is 15.5 Å². The number of benzene rings is 1. The molecule has 2 rings (SSSR count). The normalized spacial score (nSPS) is 15.6. The van der Waals surface area contributed by atoms with Crippen molar-refractivity contribution < 1.29 is 4.39 Å². The van der Waals surface area contributed by atoms with E-state index in [1.807, 2.05) is 0 Å². The van der Waals surface area contributed by atoms with Gasteiger partial charge in [-0.2, -0.15) is 0 Å². The first-order chi connectivity index (χ1) is 10.7. The predicted molar refractivity (Wildman–Crippen MR) is 105 cm³/mol. The quantitative estimate of drug-likeness (QED) is 0.411. The molecule has 1 aromatic carbocycles. The Bertz CT molecular complexity index is 472. The minimum atomic E-state index is -0.207. The molecule has 1 fully saturated rings. The highest BCUT2D eigenvalue weighted by Crippen LogP contribution is 2.21. The topological polar surface area (TPSA) is 39.7 Å². The van der Waals surface area contributed by atoms with Crippen LogP contribution in [-0.2, 0) is 6.54 Å². The summed E-state index contributed by atoms with van der Waals surface area (Å²) < 4.78 is 12.9. The van der Waals surface area contributed by atoms with Gasteiger partial charge in [0.1, 0.15) is 5.82 Å². The Morgan fingerprint density at radius 2 is 1.87 bits per heavy atom. The Morgan fingerprint density at radius 3 is 2.48 bits per heavy atom. The molecule has 4 nitrogen and oxygen atoms in total. The van der Waals surface area contributed by atoms with Crippen molar-refractivity contribution in [1.29, 1.82) is 0 Å². The predicted octanol–water partition coefficient (Wildman–Crippen LogP) is 2.98. The fraction of sp³-hybridized carbons (Fsp3) is 0.588. The Morgan fingerprint density at radius 1 is 1.22 bits per heavy atom.